The van der Waals surface area contributed by atoms with E-state index < -0.39 is 35.3 Å². The van der Waals surface area contributed by atoms with Crippen molar-refractivity contribution in [3.05, 3.63) is 69.3 Å². The number of halogens is 2. The first-order valence-electron chi connectivity index (χ1n) is 8.78. The molecule has 8 heteroatoms. The third-order valence-corrected chi connectivity index (χ3v) is 5.13. The molecular formula is C21H20ClFN2O4. The van der Waals surface area contributed by atoms with E-state index in [1.54, 1.807) is 19.1 Å². The van der Waals surface area contributed by atoms with E-state index in [9.17, 15) is 24.2 Å². The Balaban J connectivity index is 2.10. The number of aliphatic hydroxyl groups is 1. The summed E-state index contributed by atoms with van der Waals surface area (Å²) in [5.74, 6) is -3.40. The van der Waals surface area contributed by atoms with Gasteiger partial charge in [-0.1, -0.05) is 23.7 Å². The Morgan fingerprint density at radius 1 is 1.31 bits per heavy atom. The lowest BCUT2D eigenvalue weighted by Gasteiger charge is -2.21. The number of phenolic OH excluding ortho intramolecular Hbond substituents is 1. The molecule has 0 fully saturated rings. The van der Waals surface area contributed by atoms with Crippen molar-refractivity contribution in [1.82, 2.24) is 5.32 Å². The van der Waals surface area contributed by atoms with Crippen molar-refractivity contribution < 1.29 is 24.2 Å². The molecule has 3 N–H and O–H groups in total. The molecule has 0 aliphatic carbocycles. The van der Waals surface area contributed by atoms with Gasteiger partial charge in [-0.15, -0.1) is 0 Å². The number of aromatic hydroxyl groups is 1. The lowest BCUT2D eigenvalue weighted by molar-refractivity contribution is -0.127. The molecule has 0 saturated carbocycles. The van der Waals surface area contributed by atoms with E-state index >= 15 is 0 Å². The molecule has 0 saturated heterocycles. The molecule has 0 radical (unpaired) electrons. The van der Waals surface area contributed by atoms with E-state index in [1.807, 2.05) is 0 Å². The molecule has 0 aromatic heterocycles. The van der Waals surface area contributed by atoms with Crippen LogP contribution in [0.3, 0.4) is 0 Å². The molecule has 0 spiro atoms. The first kappa shape index (κ1) is 22.3. The highest BCUT2D eigenvalue weighted by molar-refractivity contribution is 6.34. The molecule has 1 unspecified atom stereocenters. The summed E-state index contributed by atoms with van der Waals surface area (Å²) in [6.45, 7) is 9.91. The number of hydrogen-bond acceptors (Lipinski definition) is 4. The number of carbonyl (C=O) groups is 2. The molecule has 152 valence electrons. The third-order valence-electron chi connectivity index (χ3n) is 4.65. The van der Waals surface area contributed by atoms with Crippen LogP contribution < -0.4 is 5.32 Å². The Kier molecular flexibility index (Phi) is 7.32. The van der Waals surface area contributed by atoms with E-state index in [4.69, 9.17) is 18.2 Å². The smallest absolute Gasteiger partial charge is 0.226 e. The fourth-order valence-electron chi connectivity index (χ4n) is 2.82. The second kappa shape index (κ2) is 9.50. The fraction of sp³-hybridized carbons (Fsp3) is 0.286. The van der Waals surface area contributed by atoms with Crippen LogP contribution in [0.4, 0.5) is 10.1 Å². The number of benzene rings is 2. The molecule has 0 aliphatic rings. The van der Waals surface area contributed by atoms with Crippen molar-refractivity contribution in [3.63, 3.8) is 0 Å². The van der Waals surface area contributed by atoms with Crippen LogP contribution in [-0.4, -0.2) is 34.6 Å². The number of nitrogens with zero attached hydrogens (tertiary/aromatic N) is 1. The van der Waals surface area contributed by atoms with Gasteiger partial charge in [-0.05, 0) is 49.6 Å². The highest BCUT2D eigenvalue weighted by atomic mass is 35.5. The van der Waals surface area contributed by atoms with Crippen LogP contribution in [-0.2, 0) is 11.2 Å². The number of nitrogens with one attached hydrogen (secondary N) is 1. The van der Waals surface area contributed by atoms with Gasteiger partial charge in [0, 0.05) is 5.56 Å². The minimum absolute atomic E-state index is 0.0511. The molecule has 0 bridgehead atoms. The topological polar surface area (TPSA) is 91.0 Å². The zero-order chi connectivity index (χ0) is 21.7. The number of phenols is 1. The van der Waals surface area contributed by atoms with Gasteiger partial charge in [0.25, 0.3) is 0 Å². The third kappa shape index (κ3) is 5.31. The van der Waals surface area contributed by atoms with Gasteiger partial charge in [-0.2, -0.15) is 0 Å². The Hall–Kier alpha value is -2.95. The molecule has 6 nitrogen and oxygen atoms in total. The van der Waals surface area contributed by atoms with Crippen LogP contribution in [0.15, 0.2) is 30.3 Å². The number of amides is 1. The van der Waals surface area contributed by atoms with Gasteiger partial charge in [0.15, 0.2) is 17.3 Å². The van der Waals surface area contributed by atoms with Crippen LogP contribution in [0.1, 0.15) is 28.4 Å². The number of ketones is 1. The second-order valence-corrected chi connectivity index (χ2v) is 7.03. The quantitative estimate of drug-likeness (QED) is 0.473. The molecule has 0 heterocycles. The minimum Gasteiger partial charge on any atom is -0.505 e. The van der Waals surface area contributed by atoms with Crippen LogP contribution >= 0.6 is 11.6 Å². The van der Waals surface area contributed by atoms with Crippen molar-refractivity contribution in [1.29, 1.82) is 0 Å². The van der Waals surface area contributed by atoms with E-state index in [-0.39, 0.29) is 18.5 Å². The summed E-state index contributed by atoms with van der Waals surface area (Å²) in [4.78, 5) is 28.0. The highest BCUT2D eigenvalue weighted by Gasteiger charge is 2.26. The van der Waals surface area contributed by atoms with Gasteiger partial charge in [-0.3, -0.25) is 9.59 Å². The summed E-state index contributed by atoms with van der Waals surface area (Å²) < 4.78 is 13.1. The zero-order valence-corrected chi connectivity index (χ0v) is 16.6. The van der Waals surface area contributed by atoms with Gasteiger partial charge >= 0.3 is 0 Å². The Bertz CT molecular complexity index is 985. The summed E-state index contributed by atoms with van der Waals surface area (Å²) in [5.41, 5.74) is 1.71. The molecule has 2 aromatic carbocycles. The predicted octanol–water partition coefficient (Wildman–Crippen LogP) is 3.58. The summed E-state index contributed by atoms with van der Waals surface area (Å²) in [6.07, 6.45) is -0.836. The van der Waals surface area contributed by atoms with Gasteiger partial charge < -0.3 is 15.5 Å². The monoisotopic (exact) mass is 418 g/mol. The van der Waals surface area contributed by atoms with E-state index in [2.05, 4.69) is 10.2 Å². The fourth-order valence-corrected chi connectivity index (χ4v) is 3.05. The first-order valence-corrected chi connectivity index (χ1v) is 9.16. The lowest BCUT2D eigenvalue weighted by atomic mass is 9.91. The van der Waals surface area contributed by atoms with Crippen LogP contribution in [0, 0.1) is 25.2 Å². The maximum atomic E-state index is 13.1. The first-order chi connectivity index (χ1) is 13.6. The molecule has 2 atom stereocenters. The predicted molar refractivity (Wildman–Crippen MR) is 107 cm³/mol. The Labute approximate surface area is 172 Å². The van der Waals surface area contributed by atoms with Crippen molar-refractivity contribution >= 4 is 29.0 Å². The van der Waals surface area contributed by atoms with Crippen LogP contribution in [0.5, 0.6) is 5.75 Å². The molecular weight excluding hydrogens is 399 g/mol. The Morgan fingerprint density at radius 3 is 2.59 bits per heavy atom. The number of rotatable bonds is 7. The van der Waals surface area contributed by atoms with E-state index in [0.29, 0.717) is 21.8 Å². The lowest BCUT2D eigenvalue weighted by Crippen LogP contribution is -2.40. The van der Waals surface area contributed by atoms with Crippen LogP contribution in [0.25, 0.3) is 4.85 Å². The van der Waals surface area contributed by atoms with Crippen molar-refractivity contribution in [2.24, 2.45) is 5.92 Å². The average molecular weight is 419 g/mol. The summed E-state index contributed by atoms with van der Waals surface area (Å²) in [5, 5.41) is 22.2. The SMILES string of the molecule is [C-]#[N+]c1ccc(CC(C(=O)NCC(=O)c2ccc(F)c(O)c2)[C@H](C)O)c(C)c1Cl. The molecule has 29 heavy (non-hydrogen) atoms. The Morgan fingerprint density at radius 2 is 2.00 bits per heavy atom. The van der Waals surface area contributed by atoms with Crippen LogP contribution in [0.2, 0.25) is 5.02 Å². The van der Waals surface area contributed by atoms with Crippen molar-refractivity contribution in [3.8, 4) is 5.75 Å². The van der Waals surface area contributed by atoms with E-state index in [0.717, 1.165) is 12.1 Å². The molecule has 0 aliphatic heterocycles. The van der Waals surface area contributed by atoms with Crippen molar-refractivity contribution in [2.45, 2.75) is 26.4 Å². The number of hydrogen-bond donors (Lipinski definition) is 3. The minimum atomic E-state index is -1.00. The number of carbonyl (C=O) groups excluding carboxylic acids is 2. The standard InChI is InChI=1S/C21H20ClFN2O4/c1-11-13(5-7-17(24-3)20(11)22)8-15(12(2)26)21(29)25-10-19(28)14-4-6-16(23)18(27)9-14/h4-7,9,12,15,26-27H,8,10H2,1-2H3,(H,25,29)/t12-,15?/m0/s1. The van der Waals surface area contributed by atoms with Gasteiger partial charge in [-0.25, -0.2) is 9.24 Å². The molecule has 1 amide bonds. The summed E-state index contributed by atoms with van der Waals surface area (Å²) >= 11 is 6.17. The van der Waals surface area contributed by atoms with Gasteiger partial charge in [0.2, 0.25) is 11.6 Å². The highest BCUT2D eigenvalue weighted by Crippen LogP contribution is 2.32. The largest absolute Gasteiger partial charge is 0.505 e. The summed E-state index contributed by atoms with van der Waals surface area (Å²) in [7, 11) is 0. The maximum absolute atomic E-state index is 13.1. The van der Waals surface area contributed by atoms with Crippen molar-refractivity contribution in [2.75, 3.05) is 6.54 Å². The van der Waals surface area contributed by atoms with E-state index in [1.165, 1.54) is 13.0 Å². The number of aliphatic hydroxyl groups excluding tert-OH is 1. The average Bonchev–Trinajstić information content (AvgIpc) is 2.68. The molecule has 2 aromatic rings. The normalized spacial score (nSPS) is 12.7. The maximum Gasteiger partial charge on any atom is 0.226 e. The second-order valence-electron chi connectivity index (χ2n) is 6.65. The van der Waals surface area contributed by atoms with Gasteiger partial charge in [0.05, 0.1) is 30.2 Å². The molecule has 2 rings (SSSR count). The number of Topliss-reactive ketones (excluding diaryl/α,β-unsaturated/α-hetero) is 1. The van der Waals surface area contributed by atoms with Gasteiger partial charge in [0.1, 0.15) is 0 Å². The summed E-state index contributed by atoms with van der Waals surface area (Å²) in [6, 6.07) is 6.39. The zero-order valence-electron chi connectivity index (χ0n) is 15.9.